The third kappa shape index (κ3) is 4.37. The first-order valence-corrected chi connectivity index (χ1v) is 7.28. The molecule has 1 aromatic rings. The molecular formula is C16H22F3NO. The Morgan fingerprint density at radius 2 is 1.90 bits per heavy atom. The molecule has 2 nitrogen and oxygen atoms in total. The summed E-state index contributed by atoms with van der Waals surface area (Å²) in [5, 5.41) is 0. The number of alkyl halides is 3. The highest BCUT2D eigenvalue weighted by atomic mass is 19.4. The molecule has 1 aliphatic rings. The van der Waals surface area contributed by atoms with Gasteiger partial charge < -0.3 is 10.5 Å². The number of halogens is 3. The van der Waals surface area contributed by atoms with E-state index in [0.717, 1.165) is 12.0 Å². The molecule has 2 atom stereocenters. The van der Waals surface area contributed by atoms with E-state index in [1.165, 1.54) is 25.0 Å². The van der Waals surface area contributed by atoms with Crippen molar-refractivity contribution in [2.45, 2.75) is 51.9 Å². The molecule has 2 N–H and O–H groups in total. The summed E-state index contributed by atoms with van der Waals surface area (Å²) >= 11 is 0. The van der Waals surface area contributed by atoms with Crippen molar-refractivity contribution in [1.29, 1.82) is 0 Å². The van der Waals surface area contributed by atoms with Crippen LogP contribution in [-0.4, -0.2) is 12.4 Å². The van der Waals surface area contributed by atoms with Gasteiger partial charge in [-0.05, 0) is 48.3 Å². The third-order valence-electron chi connectivity index (χ3n) is 4.49. The molecule has 0 aliphatic heterocycles. The SMILES string of the molecule is CC1(C)CCCC1C(N)Cc1ccc(OC(F)(F)F)cc1. The summed E-state index contributed by atoms with van der Waals surface area (Å²) in [4.78, 5) is 0. The fourth-order valence-corrected chi connectivity index (χ4v) is 3.39. The number of nitrogens with two attached hydrogens (primary N) is 1. The van der Waals surface area contributed by atoms with E-state index in [1.54, 1.807) is 12.1 Å². The Bertz CT molecular complexity index is 467. The second-order valence-electron chi connectivity index (χ2n) is 6.55. The molecule has 0 heterocycles. The van der Waals surface area contributed by atoms with Crippen LogP contribution in [0.15, 0.2) is 24.3 Å². The number of rotatable bonds is 4. The van der Waals surface area contributed by atoms with Gasteiger partial charge in [0.05, 0.1) is 0 Å². The standard InChI is InChI=1S/C16H22F3NO/c1-15(2)9-3-4-13(15)14(20)10-11-5-7-12(8-6-11)21-16(17,18)19/h5-8,13-14H,3-4,9-10,20H2,1-2H3. The lowest BCUT2D eigenvalue weighted by Crippen LogP contribution is -2.38. The molecular weight excluding hydrogens is 279 g/mol. The van der Waals surface area contributed by atoms with Crippen LogP contribution in [0.5, 0.6) is 5.75 Å². The molecule has 0 bridgehead atoms. The summed E-state index contributed by atoms with van der Waals surface area (Å²) in [6.45, 7) is 4.48. The average Bonchev–Trinajstić information content (AvgIpc) is 2.69. The van der Waals surface area contributed by atoms with Crippen LogP contribution in [0.25, 0.3) is 0 Å². The molecule has 2 rings (SSSR count). The fourth-order valence-electron chi connectivity index (χ4n) is 3.39. The summed E-state index contributed by atoms with van der Waals surface area (Å²) in [6.07, 6.45) is -0.455. The van der Waals surface area contributed by atoms with Gasteiger partial charge in [0.15, 0.2) is 0 Å². The maximum atomic E-state index is 12.1. The first-order chi connectivity index (χ1) is 9.67. The summed E-state index contributed by atoms with van der Waals surface area (Å²) in [5.74, 6) is 0.268. The van der Waals surface area contributed by atoms with Crippen LogP contribution >= 0.6 is 0 Å². The second kappa shape index (κ2) is 5.87. The smallest absolute Gasteiger partial charge is 0.406 e. The molecule has 2 unspecified atom stereocenters. The molecule has 0 aromatic heterocycles. The van der Waals surface area contributed by atoms with E-state index >= 15 is 0 Å². The number of hydrogen-bond donors (Lipinski definition) is 1. The molecule has 1 fully saturated rings. The molecule has 0 saturated heterocycles. The minimum absolute atomic E-state index is 0.0388. The first kappa shape index (κ1) is 16.1. The Kier molecular flexibility index (Phi) is 4.51. The van der Waals surface area contributed by atoms with Gasteiger partial charge in [-0.3, -0.25) is 0 Å². The van der Waals surface area contributed by atoms with Gasteiger partial charge in [-0.2, -0.15) is 0 Å². The summed E-state index contributed by atoms with van der Waals surface area (Å²) in [7, 11) is 0. The maximum absolute atomic E-state index is 12.1. The zero-order chi connectivity index (χ0) is 15.7. The number of benzene rings is 1. The van der Waals surface area contributed by atoms with E-state index < -0.39 is 6.36 Å². The van der Waals surface area contributed by atoms with Crippen LogP contribution in [0.4, 0.5) is 13.2 Å². The third-order valence-corrected chi connectivity index (χ3v) is 4.49. The highest BCUT2D eigenvalue weighted by Crippen LogP contribution is 2.44. The van der Waals surface area contributed by atoms with Gasteiger partial charge in [-0.15, -0.1) is 13.2 Å². The van der Waals surface area contributed by atoms with Crippen LogP contribution < -0.4 is 10.5 Å². The number of ether oxygens (including phenoxy) is 1. The summed E-state index contributed by atoms with van der Waals surface area (Å²) < 4.78 is 40.2. The van der Waals surface area contributed by atoms with Crippen LogP contribution in [0, 0.1) is 11.3 Å². The lowest BCUT2D eigenvalue weighted by Gasteiger charge is -2.32. The van der Waals surface area contributed by atoms with E-state index in [4.69, 9.17) is 5.73 Å². The molecule has 5 heteroatoms. The predicted octanol–water partition coefficient (Wildman–Crippen LogP) is 4.28. The molecule has 0 radical (unpaired) electrons. The van der Waals surface area contributed by atoms with Gasteiger partial charge in [-0.1, -0.05) is 32.4 Å². The van der Waals surface area contributed by atoms with E-state index in [9.17, 15) is 13.2 Å². The van der Waals surface area contributed by atoms with Crippen LogP contribution in [-0.2, 0) is 6.42 Å². The largest absolute Gasteiger partial charge is 0.573 e. The molecule has 1 aliphatic carbocycles. The molecule has 0 amide bonds. The van der Waals surface area contributed by atoms with Crippen molar-refractivity contribution in [1.82, 2.24) is 0 Å². The molecule has 21 heavy (non-hydrogen) atoms. The topological polar surface area (TPSA) is 35.2 Å². The first-order valence-electron chi connectivity index (χ1n) is 7.28. The van der Waals surface area contributed by atoms with Crippen molar-refractivity contribution >= 4 is 0 Å². The van der Waals surface area contributed by atoms with Gasteiger partial charge in [0.25, 0.3) is 0 Å². The Balaban J connectivity index is 1.97. The lowest BCUT2D eigenvalue weighted by molar-refractivity contribution is -0.274. The van der Waals surface area contributed by atoms with E-state index in [-0.39, 0.29) is 17.2 Å². The predicted molar refractivity (Wildman–Crippen MR) is 75.9 cm³/mol. The second-order valence-corrected chi connectivity index (χ2v) is 6.55. The van der Waals surface area contributed by atoms with Crippen LogP contribution in [0.2, 0.25) is 0 Å². The molecule has 1 saturated carbocycles. The highest BCUT2D eigenvalue weighted by Gasteiger charge is 2.38. The lowest BCUT2D eigenvalue weighted by atomic mass is 9.76. The zero-order valence-electron chi connectivity index (χ0n) is 12.4. The molecule has 0 spiro atoms. The van der Waals surface area contributed by atoms with Gasteiger partial charge >= 0.3 is 6.36 Å². The van der Waals surface area contributed by atoms with E-state index in [1.807, 2.05) is 0 Å². The highest BCUT2D eigenvalue weighted by molar-refractivity contribution is 5.28. The number of hydrogen-bond acceptors (Lipinski definition) is 2. The van der Waals surface area contributed by atoms with Crippen LogP contribution in [0.1, 0.15) is 38.7 Å². The summed E-state index contributed by atoms with van der Waals surface area (Å²) in [6, 6.07) is 6.04. The van der Waals surface area contributed by atoms with Crippen LogP contribution in [0.3, 0.4) is 0 Å². The minimum Gasteiger partial charge on any atom is -0.406 e. The normalized spacial score (nSPS) is 23.0. The van der Waals surface area contributed by atoms with Crippen molar-refractivity contribution in [3.05, 3.63) is 29.8 Å². The van der Waals surface area contributed by atoms with Crippen molar-refractivity contribution in [3.8, 4) is 5.75 Å². The quantitative estimate of drug-likeness (QED) is 0.901. The van der Waals surface area contributed by atoms with E-state index in [0.29, 0.717) is 12.3 Å². The Morgan fingerprint density at radius 1 is 1.29 bits per heavy atom. The molecule has 118 valence electrons. The van der Waals surface area contributed by atoms with Crippen molar-refractivity contribution < 1.29 is 17.9 Å². The van der Waals surface area contributed by atoms with Gasteiger partial charge in [-0.25, -0.2) is 0 Å². The molecule has 1 aromatic carbocycles. The summed E-state index contributed by atoms with van der Waals surface area (Å²) in [5.41, 5.74) is 7.51. The van der Waals surface area contributed by atoms with E-state index in [2.05, 4.69) is 18.6 Å². The maximum Gasteiger partial charge on any atom is 0.573 e. The van der Waals surface area contributed by atoms with Crippen molar-refractivity contribution in [3.63, 3.8) is 0 Å². The van der Waals surface area contributed by atoms with Crippen molar-refractivity contribution in [2.24, 2.45) is 17.1 Å². The fraction of sp³-hybridized carbons (Fsp3) is 0.625. The average molecular weight is 301 g/mol. The Labute approximate surface area is 123 Å². The minimum atomic E-state index is -4.65. The van der Waals surface area contributed by atoms with Gasteiger partial charge in [0.1, 0.15) is 5.75 Å². The monoisotopic (exact) mass is 301 g/mol. The Morgan fingerprint density at radius 3 is 2.38 bits per heavy atom. The van der Waals surface area contributed by atoms with Gasteiger partial charge in [0.2, 0.25) is 0 Å². The zero-order valence-corrected chi connectivity index (χ0v) is 12.4. The Hall–Kier alpha value is -1.23. The van der Waals surface area contributed by atoms with Gasteiger partial charge in [0, 0.05) is 6.04 Å². The van der Waals surface area contributed by atoms with Crippen molar-refractivity contribution in [2.75, 3.05) is 0 Å².